The van der Waals surface area contributed by atoms with E-state index in [9.17, 15) is 19.7 Å². The summed E-state index contributed by atoms with van der Waals surface area (Å²) in [4.78, 5) is 27.7. The summed E-state index contributed by atoms with van der Waals surface area (Å²) < 4.78 is 11.5. The molecule has 0 spiro atoms. The van der Waals surface area contributed by atoms with Gasteiger partial charge in [0.25, 0.3) is 0 Å². The van der Waals surface area contributed by atoms with Gasteiger partial charge in [-0.2, -0.15) is 0 Å². The minimum absolute atomic E-state index is 0.0940. The minimum atomic E-state index is -0.980. The number of ether oxygens (including phenoxy) is 1. The highest BCUT2D eigenvalue weighted by atomic mass is 16.5. The van der Waals surface area contributed by atoms with Gasteiger partial charge in [0.05, 0.1) is 24.5 Å². The molecule has 0 radical (unpaired) electrons. The number of likely N-dealkylation sites (tertiary alicyclic amines) is 1. The number of methoxy groups -OCH3 is 1. The number of amides is 2. The number of hydrogen-bond donors (Lipinski definition) is 2. The van der Waals surface area contributed by atoms with Gasteiger partial charge in [-0.3, -0.25) is 14.5 Å². The molecule has 2 saturated heterocycles. The first kappa shape index (κ1) is 24.7. The van der Waals surface area contributed by atoms with Crippen molar-refractivity contribution in [1.82, 2.24) is 4.90 Å². The van der Waals surface area contributed by atoms with Gasteiger partial charge in [-0.1, -0.05) is 36.8 Å². The van der Waals surface area contributed by atoms with Gasteiger partial charge in [-0.05, 0) is 62.1 Å². The minimum Gasteiger partial charge on any atom is -0.507 e. The number of aromatic hydroxyl groups is 1. The number of carbonyl (C=O) groups is 2. The van der Waals surface area contributed by atoms with Crippen LogP contribution in [0, 0.1) is 17.8 Å². The summed E-state index contributed by atoms with van der Waals surface area (Å²) in [7, 11) is 0.652. The molecule has 0 unspecified atom stereocenters. The molecule has 3 aliphatic rings. The zero-order valence-electron chi connectivity index (χ0n) is 20.2. The molecule has 0 saturated carbocycles. The zero-order chi connectivity index (χ0) is 24.4. The van der Waals surface area contributed by atoms with E-state index in [1.165, 1.54) is 4.90 Å². The fourth-order valence-corrected chi connectivity index (χ4v) is 5.89. The van der Waals surface area contributed by atoms with Gasteiger partial charge >= 0.3 is 7.12 Å². The molecule has 1 aliphatic carbocycles. The Labute approximate surface area is 201 Å². The van der Waals surface area contributed by atoms with Crippen molar-refractivity contribution in [1.29, 1.82) is 0 Å². The first-order valence-corrected chi connectivity index (χ1v) is 12.2. The monoisotopic (exact) mass is 467 g/mol. The van der Waals surface area contributed by atoms with Crippen LogP contribution in [0.15, 0.2) is 41.0 Å². The predicted octanol–water partition coefficient (Wildman–Crippen LogP) is 3.43. The molecular weight excluding hydrogens is 433 g/mol. The van der Waals surface area contributed by atoms with E-state index in [2.05, 4.69) is 0 Å². The predicted molar refractivity (Wildman–Crippen MR) is 130 cm³/mol. The van der Waals surface area contributed by atoms with Gasteiger partial charge in [-0.15, -0.1) is 0 Å². The van der Waals surface area contributed by atoms with Crippen LogP contribution in [0.2, 0.25) is 6.32 Å². The Balaban J connectivity index is 1.60. The number of rotatable bonds is 8. The van der Waals surface area contributed by atoms with Crippen LogP contribution in [-0.2, 0) is 19.0 Å². The third kappa shape index (κ3) is 4.72. The van der Waals surface area contributed by atoms with Crippen LogP contribution in [0.5, 0.6) is 5.75 Å². The lowest BCUT2D eigenvalue weighted by Crippen LogP contribution is -2.46. The number of phenolic OH excluding ortho intramolecular Hbond substituents is 1. The van der Waals surface area contributed by atoms with E-state index in [1.807, 2.05) is 32.1 Å². The van der Waals surface area contributed by atoms with E-state index in [0.717, 1.165) is 28.7 Å². The highest BCUT2D eigenvalue weighted by molar-refractivity contribution is 6.43. The van der Waals surface area contributed by atoms with E-state index in [0.29, 0.717) is 38.7 Å². The van der Waals surface area contributed by atoms with Gasteiger partial charge < -0.3 is 19.5 Å². The number of allylic oxidation sites excluding steroid dienone is 1. The first-order chi connectivity index (χ1) is 16.3. The maximum Gasteiger partial charge on any atom is 0.455 e. The Morgan fingerprint density at radius 1 is 1.26 bits per heavy atom. The average Bonchev–Trinajstić information content (AvgIpc) is 3.04. The summed E-state index contributed by atoms with van der Waals surface area (Å²) in [6.07, 6.45) is 4.47. The fourth-order valence-electron chi connectivity index (χ4n) is 5.89. The molecule has 0 bridgehead atoms. The van der Waals surface area contributed by atoms with Crippen molar-refractivity contribution in [3.05, 3.63) is 46.5 Å². The van der Waals surface area contributed by atoms with Crippen molar-refractivity contribution in [2.45, 2.75) is 52.0 Å². The molecule has 7 nitrogen and oxygen atoms in total. The number of phenols is 1. The molecule has 2 heterocycles. The second kappa shape index (κ2) is 10.5. The molecule has 4 atom stereocenters. The van der Waals surface area contributed by atoms with E-state index in [1.54, 1.807) is 19.2 Å². The van der Waals surface area contributed by atoms with Gasteiger partial charge in [0.2, 0.25) is 11.8 Å². The molecule has 182 valence electrons. The first-order valence-electron chi connectivity index (χ1n) is 12.2. The maximum absolute atomic E-state index is 13.3. The van der Waals surface area contributed by atoms with Crippen LogP contribution in [0.25, 0.3) is 6.08 Å². The fraction of sp³-hybridized carbons (Fsp3) is 0.538. The quantitative estimate of drug-likeness (QED) is 0.346. The number of carbonyl (C=O) groups excluding carboxylic acids is 2. The molecular formula is C26H34BNO6. The van der Waals surface area contributed by atoms with Crippen molar-refractivity contribution in [2.75, 3.05) is 20.3 Å². The lowest BCUT2D eigenvalue weighted by molar-refractivity contribution is -0.140. The summed E-state index contributed by atoms with van der Waals surface area (Å²) in [5, 5.41) is 20.6. The molecule has 2 fully saturated rings. The molecule has 4 rings (SSSR count). The van der Waals surface area contributed by atoms with E-state index in [-0.39, 0.29) is 35.5 Å². The highest BCUT2D eigenvalue weighted by Crippen LogP contribution is 2.50. The van der Waals surface area contributed by atoms with Crippen LogP contribution in [0.4, 0.5) is 0 Å². The molecule has 1 aromatic carbocycles. The van der Waals surface area contributed by atoms with E-state index >= 15 is 0 Å². The number of nitrogens with zero attached hydrogens (tertiary/aromatic N) is 1. The largest absolute Gasteiger partial charge is 0.507 e. The maximum atomic E-state index is 13.3. The molecule has 8 heteroatoms. The standard InChI is InChI=1S/C26H34BNO6/c1-4-11-28-25(30)19-13-18(15-33-3)23-20(24(19)26(28)31)14-27(32)34-22(23)10-9-16(2)12-17-7-5-6-8-21(17)29/h5-8,12,19-20,22,24,29,32H,4,9-11,13-15H2,1-3H3/b16-12+/t19-,20+,22-,24-/m1/s1. The normalized spacial score (nSPS) is 27.4. The van der Waals surface area contributed by atoms with Crippen molar-refractivity contribution in [2.24, 2.45) is 17.8 Å². The number of hydrogen-bond acceptors (Lipinski definition) is 6. The van der Waals surface area contributed by atoms with Gasteiger partial charge in [-0.25, -0.2) is 0 Å². The lowest BCUT2D eigenvalue weighted by Gasteiger charge is -2.43. The number of para-hydroxylation sites is 1. The average molecular weight is 467 g/mol. The van der Waals surface area contributed by atoms with Crippen LogP contribution < -0.4 is 0 Å². The van der Waals surface area contributed by atoms with Gasteiger partial charge in [0.1, 0.15) is 5.75 Å². The Morgan fingerprint density at radius 3 is 2.74 bits per heavy atom. The smallest absolute Gasteiger partial charge is 0.455 e. The third-order valence-corrected chi connectivity index (χ3v) is 7.30. The highest BCUT2D eigenvalue weighted by Gasteiger charge is 2.57. The second-order valence-electron chi connectivity index (χ2n) is 9.67. The SMILES string of the molecule is CCCN1C(=O)[C@@H]2[C@@H](CC(COC)=C3[C@@H](CC/C(C)=C/c4ccccc4O)OB(O)C[C@@H]32)C1=O. The molecule has 2 aliphatic heterocycles. The lowest BCUT2D eigenvalue weighted by atomic mass is 9.58. The third-order valence-electron chi connectivity index (χ3n) is 7.30. The van der Waals surface area contributed by atoms with Crippen LogP contribution in [0.3, 0.4) is 0 Å². The van der Waals surface area contributed by atoms with E-state index < -0.39 is 13.0 Å². The number of fused-ring (bicyclic) bond motifs is 3. The Hall–Kier alpha value is -2.42. The Bertz CT molecular complexity index is 1000. The van der Waals surface area contributed by atoms with Gasteiger partial charge in [0, 0.05) is 19.2 Å². The Kier molecular flexibility index (Phi) is 7.60. The van der Waals surface area contributed by atoms with Crippen LogP contribution in [0.1, 0.15) is 45.1 Å². The second-order valence-corrected chi connectivity index (χ2v) is 9.67. The zero-order valence-corrected chi connectivity index (χ0v) is 20.2. The van der Waals surface area contributed by atoms with Crippen LogP contribution in [-0.4, -0.2) is 60.3 Å². The summed E-state index contributed by atoms with van der Waals surface area (Å²) in [5.74, 6) is -1.02. The summed E-state index contributed by atoms with van der Waals surface area (Å²) in [6, 6.07) is 7.19. The van der Waals surface area contributed by atoms with E-state index in [4.69, 9.17) is 9.39 Å². The summed E-state index contributed by atoms with van der Waals surface area (Å²) in [5.41, 5.74) is 3.88. The van der Waals surface area contributed by atoms with Crippen molar-refractivity contribution >= 4 is 25.0 Å². The molecule has 2 amide bonds. The number of benzene rings is 1. The number of imide groups is 1. The molecule has 34 heavy (non-hydrogen) atoms. The van der Waals surface area contributed by atoms with Crippen molar-refractivity contribution < 1.29 is 29.1 Å². The van der Waals surface area contributed by atoms with Crippen molar-refractivity contribution in [3.63, 3.8) is 0 Å². The topological polar surface area (TPSA) is 96.3 Å². The molecule has 1 aromatic rings. The molecule has 2 N–H and O–H groups in total. The summed E-state index contributed by atoms with van der Waals surface area (Å²) in [6.45, 7) is 4.78. The van der Waals surface area contributed by atoms with Crippen LogP contribution >= 0.6 is 0 Å². The van der Waals surface area contributed by atoms with Crippen molar-refractivity contribution in [3.8, 4) is 5.75 Å². The Morgan fingerprint density at radius 2 is 2.03 bits per heavy atom. The molecule has 0 aromatic heterocycles. The van der Waals surface area contributed by atoms with Gasteiger partial charge in [0.15, 0.2) is 0 Å². The summed E-state index contributed by atoms with van der Waals surface area (Å²) >= 11 is 0.